The van der Waals surface area contributed by atoms with Crippen molar-refractivity contribution in [2.24, 2.45) is 22.4 Å². The largest absolute Gasteiger partial charge is 0.463 e. The lowest BCUT2D eigenvalue weighted by molar-refractivity contribution is -0.137. The van der Waals surface area contributed by atoms with Gasteiger partial charge in [0.2, 0.25) is 0 Å². The zero-order valence-electron chi connectivity index (χ0n) is 18.6. The van der Waals surface area contributed by atoms with Gasteiger partial charge in [0.05, 0.1) is 6.61 Å². The van der Waals surface area contributed by atoms with Crippen LogP contribution >= 0.6 is 0 Å². The van der Waals surface area contributed by atoms with Gasteiger partial charge in [0.25, 0.3) is 0 Å². The van der Waals surface area contributed by atoms with Crippen molar-refractivity contribution in [1.82, 2.24) is 0 Å². The van der Waals surface area contributed by atoms with Crippen LogP contribution < -0.4 is 9.32 Å². The third kappa shape index (κ3) is 4.14. The molecule has 2 N–H and O–H groups in total. The Morgan fingerprint density at radius 1 is 1.23 bits per heavy atom. The second-order valence-corrected chi connectivity index (χ2v) is 10.6. The summed E-state index contributed by atoms with van der Waals surface area (Å²) in [6.07, 6.45) is 8.64. The highest BCUT2D eigenvalue weighted by molar-refractivity contribution is 7.84. The van der Waals surface area contributed by atoms with E-state index in [1.165, 1.54) is 16.7 Å². The Hall–Kier alpha value is -1.86. The lowest BCUT2D eigenvalue weighted by Crippen LogP contribution is -2.40. The summed E-state index contributed by atoms with van der Waals surface area (Å²) in [4.78, 5) is 12.1. The Bertz CT molecular complexity index is 1020. The number of allylic oxidation sites excluding steroid dienone is 1. The van der Waals surface area contributed by atoms with Gasteiger partial charge in [-0.15, -0.1) is 0 Å². The van der Waals surface area contributed by atoms with E-state index < -0.39 is 10.3 Å². The van der Waals surface area contributed by atoms with Crippen LogP contribution in [0, 0.1) is 17.3 Å². The van der Waals surface area contributed by atoms with Crippen molar-refractivity contribution in [3.8, 4) is 5.75 Å². The second-order valence-electron chi connectivity index (χ2n) is 9.42. The summed E-state index contributed by atoms with van der Waals surface area (Å²) in [5, 5.41) is 5.12. The van der Waals surface area contributed by atoms with E-state index in [4.69, 9.17) is 14.1 Å². The van der Waals surface area contributed by atoms with Crippen LogP contribution in [0.5, 0.6) is 5.75 Å². The number of ether oxygens (including phenoxy) is 1. The number of carbonyl (C=O) groups excluding carboxylic acids is 1. The minimum Gasteiger partial charge on any atom is -0.463 e. The van der Waals surface area contributed by atoms with Crippen molar-refractivity contribution in [3.05, 3.63) is 40.5 Å². The number of esters is 1. The topological polar surface area (TPSA) is 95.7 Å². The standard InChI is InChI=1S/C24H33NO5S/c1-4-15-12-20-16(13-22(15)30-31(25,27)28)6-8-19-18(20)10-11-24(3)17(7-9-21(19)24)14-23(26)29-5-2/h12-14,18-19,21H,4-11H2,1-3H3,(H2,25,27,28)/b17-14-/t18-,19+,21-,24+/m0/s1. The van der Waals surface area contributed by atoms with Gasteiger partial charge in [0.1, 0.15) is 5.75 Å². The maximum Gasteiger partial charge on any atom is 0.380 e. The molecule has 170 valence electrons. The minimum absolute atomic E-state index is 0.0652. The number of aryl methyl sites for hydroxylation is 2. The van der Waals surface area contributed by atoms with Crippen LogP contribution in [0.15, 0.2) is 23.8 Å². The van der Waals surface area contributed by atoms with Gasteiger partial charge < -0.3 is 8.92 Å². The smallest absolute Gasteiger partial charge is 0.380 e. The van der Waals surface area contributed by atoms with Gasteiger partial charge in [-0.05, 0) is 97.8 Å². The molecule has 0 spiro atoms. The fraction of sp³-hybridized carbons (Fsp3) is 0.625. The second kappa shape index (κ2) is 8.24. The summed E-state index contributed by atoms with van der Waals surface area (Å²) < 4.78 is 33.2. The van der Waals surface area contributed by atoms with Crippen LogP contribution in [0.4, 0.5) is 0 Å². The van der Waals surface area contributed by atoms with Crippen molar-refractivity contribution in [1.29, 1.82) is 0 Å². The van der Waals surface area contributed by atoms with Crippen LogP contribution in [0.1, 0.15) is 75.5 Å². The van der Waals surface area contributed by atoms with Gasteiger partial charge >= 0.3 is 16.3 Å². The Labute approximate surface area is 185 Å². The average molecular weight is 448 g/mol. The molecule has 2 fully saturated rings. The molecule has 1 aromatic carbocycles. The molecule has 31 heavy (non-hydrogen) atoms. The van der Waals surface area contributed by atoms with Crippen LogP contribution in [0.25, 0.3) is 0 Å². The molecule has 0 heterocycles. The summed E-state index contributed by atoms with van der Waals surface area (Å²) in [5.41, 5.74) is 4.73. The van der Waals surface area contributed by atoms with Crippen molar-refractivity contribution in [2.75, 3.05) is 6.61 Å². The molecule has 0 bridgehead atoms. The van der Waals surface area contributed by atoms with Crippen molar-refractivity contribution in [2.45, 2.75) is 71.6 Å². The van der Waals surface area contributed by atoms with Crippen molar-refractivity contribution >= 4 is 16.3 Å². The maximum atomic E-state index is 12.1. The molecule has 0 radical (unpaired) electrons. The van der Waals surface area contributed by atoms with E-state index in [0.717, 1.165) is 44.1 Å². The van der Waals surface area contributed by atoms with Crippen LogP contribution in [-0.2, 0) is 32.7 Å². The molecule has 0 unspecified atom stereocenters. The molecular weight excluding hydrogens is 414 g/mol. The predicted octanol–water partition coefficient (Wildman–Crippen LogP) is 4.18. The Morgan fingerprint density at radius 2 is 2.00 bits per heavy atom. The summed E-state index contributed by atoms with van der Waals surface area (Å²) in [7, 11) is -4.04. The van der Waals surface area contributed by atoms with E-state index in [1.807, 2.05) is 19.9 Å². The molecule has 2 saturated carbocycles. The molecule has 4 atom stereocenters. The predicted molar refractivity (Wildman–Crippen MR) is 119 cm³/mol. The van der Waals surface area contributed by atoms with Crippen molar-refractivity contribution < 1.29 is 22.1 Å². The molecule has 3 aliphatic carbocycles. The third-order valence-corrected chi connectivity index (χ3v) is 8.33. The number of rotatable bonds is 5. The van der Waals surface area contributed by atoms with Crippen LogP contribution in [-0.4, -0.2) is 21.0 Å². The minimum atomic E-state index is -4.04. The fourth-order valence-corrected chi connectivity index (χ4v) is 6.94. The summed E-state index contributed by atoms with van der Waals surface area (Å²) in [5.74, 6) is 1.76. The van der Waals surface area contributed by atoms with E-state index in [1.54, 1.807) is 6.08 Å². The van der Waals surface area contributed by atoms with Gasteiger partial charge in [-0.25, -0.2) is 4.79 Å². The molecule has 4 rings (SSSR count). The quantitative estimate of drug-likeness (QED) is 0.540. The normalized spacial score (nSPS) is 31.0. The van der Waals surface area contributed by atoms with E-state index in [2.05, 4.69) is 13.0 Å². The van der Waals surface area contributed by atoms with E-state index >= 15 is 0 Å². The molecule has 3 aliphatic rings. The third-order valence-electron chi connectivity index (χ3n) is 7.92. The Morgan fingerprint density at radius 3 is 2.68 bits per heavy atom. The molecule has 6 nitrogen and oxygen atoms in total. The van der Waals surface area contributed by atoms with Gasteiger partial charge in [0, 0.05) is 6.08 Å². The molecule has 0 saturated heterocycles. The highest BCUT2D eigenvalue weighted by atomic mass is 32.2. The summed E-state index contributed by atoms with van der Waals surface area (Å²) >= 11 is 0. The maximum absolute atomic E-state index is 12.1. The SMILES string of the molecule is CCOC(=O)/C=C1/CC[C@H]2[C@@H]3CCc4cc(OS(N)(=O)=O)c(CC)cc4[C@H]3CC[C@]12C. The van der Waals surface area contributed by atoms with E-state index in [-0.39, 0.29) is 11.4 Å². The zero-order chi connectivity index (χ0) is 22.4. The van der Waals surface area contributed by atoms with Crippen LogP contribution in [0.2, 0.25) is 0 Å². The van der Waals surface area contributed by atoms with Gasteiger partial charge in [-0.1, -0.05) is 25.5 Å². The first-order valence-electron chi connectivity index (χ1n) is 11.4. The summed E-state index contributed by atoms with van der Waals surface area (Å²) in [6.45, 7) is 6.58. The highest BCUT2D eigenvalue weighted by Crippen LogP contribution is 2.63. The molecule has 7 heteroatoms. The molecule has 0 aromatic heterocycles. The van der Waals surface area contributed by atoms with Crippen molar-refractivity contribution in [3.63, 3.8) is 0 Å². The molecule has 1 aromatic rings. The number of nitrogens with two attached hydrogens (primary N) is 1. The number of hydrogen-bond donors (Lipinski definition) is 1. The number of fused-ring (bicyclic) bond motifs is 5. The monoisotopic (exact) mass is 447 g/mol. The van der Waals surface area contributed by atoms with Gasteiger partial charge in [0.15, 0.2) is 0 Å². The van der Waals surface area contributed by atoms with Crippen LogP contribution in [0.3, 0.4) is 0 Å². The number of carbonyl (C=O) groups is 1. The van der Waals surface area contributed by atoms with Gasteiger partial charge in [-0.3, -0.25) is 0 Å². The lowest BCUT2D eigenvalue weighted by Gasteiger charge is -2.49. The lowest BCUT2D eigenvalue weighted by atomic mass is 9.55. The Balaban J connectivity index is 1.64. The van der Waals surface area contributed by atoms with E-state index in [9.17, 15) is 13.2 Å². The number of benzene rings is 1. The molecule has 0 amide bonds. The summed E-state index contributed by atoms with van der Waals surface area (Å²) in [6, 6.07) is 4.04. The first-order chi connectivity index (χ1) is 14.7. The average Bonchev–Trinajstić information content (AvgIpc) is 3.02. The van der Waals surface area contributed by atoms with E-state index in [0.29, 0.717) is 36.5 Å². The van der Waals surface area contributed by atoms with Gasteiger partial charge in [-0.2, -0.15) is 13.6 Å². The first kappa shape index (κ1) is 22.3. The first-order valence-corrected chi connectivity index (χ1v) is 12.9. The number of hydrogen-bond acceptors (Lipinski definition) is 5. The fourth-order valence-electron chi connectivity index (χ4n) is 6.54. The molecule has 0 aliphatic heterocycles. The Kier molecular flexibility index (Phi) is 5.94. The highest BCUT2D eigenvalue weighted by Gasteiger charge is 2.52. The molecular formula is C24H33NO5S. The zero-order valence-corrected chi connectivity index (χ0v) is 19.5.